The minimum absolute atomic E-state index is 0.0260. The number of anilines is 1. The van der Waals surface area contributed by atoms with Gasteiger partial charge in [-0.05, 0) is 55.3 Å². The molecular weight excluding hydrogens is 292 g/mol. The van der Waals surface area contributed by atoms with E-state index in [-0.39, 0.29) is 11.4 Å². The summed E-state index contributed by atoms with van der Waals surface area (Å²) < 4.78 is 0.946. The number of rotatable bonds is 4. The second kappa shape index (κ2) is 6.34. The van der Waals surface area contributed by atoms with E-state index in [1.807, 2.05) is 25.1 Å². The number of carbonyl (C=O) groups is 1. The fourth-order valence-electron chi connectivity index (χ4n) is 1.51. The van der Waals surface area contributed by atoms with Gasteiger partial charge in [0.25, 0.3) is 0 Å². The molecule has 4 heteroatoms. The molecular formula is C14H21BrN2O. The fraction of sp³-hybridized carbons (Fsp3) is 0.500. The first-order valence-corrected chi connectivity index (χ1v) is 6.89. The quantitative estimate of drug-likeness (QED) is 0.893. The summed E-state index contributed by atoms with van der Waals surface area (Å²) in [4.78, 5) is 11.8. The van der Waals surface area contributed by atoms with Crippen LogP contribution in [0.1, 0.15) is 32.8 Å². The lowest BCUT2D eigenvalue weighted by Gasteiger charge is -2.20. The standard InChI is InChI=1S/C14H21BrN2O/c1-10-6-5-7-11(13(10)15)17-12(18)8-9-16-14(2,3)4/h5-7,16H,8-9H2,1-4H3,(H,17,18). The SMILES string of the molecule is Cc1cccc(NC(=O)CCNC(C)(C)C)c1Br. The number of carbonyl (C=O) groups excluding carboxylic acids is 1. The molecule has 0 spiro atoms. The lowest BCUT2D eigenvalue weighted by molar-refractivity contribution is -0.116. The average molecular weight is 313 g/mol. The van der Waals surface area contributed by atoms with Crippen LogP contribution in [0.4, 0.5) is 5.69 Å². The van der Waals surface area contributed by atoms with Crippen LogP contribution in [-0.2, 0) is 4.79 Å². The Morgan fingerprint density at radius 2 is 2.00 bits per heavy atom. The highest BCUT2D eigenvalue weighted by molar-refractivity contribution is 9.10. The summed E-state index contributed by atoms with van der Waals surface area (Å²) in [5, 5.41) is 6.20. The van der Waals surface area contributed by atoms with Crippen LogP contribution < -0.4 is 10.6 Å². The van der Waals surface area contributed by atoms with Gasteiger partial charge in [-0.25, -0.2) is 0 Å². The maximum absolute atomic E-state index is 11.8. The van der Waals surface area contributed by atoms with Crippen LogP contribution in [0, 0.1) is 6.92 Å². The first-order valence-electron chi connectivity index (χ1n) is 6.09. The molecule has 1 aromatic rings. The molecule has 3 nitrogen and oxygen atoms in total. The molecule has 0 bridgehead atoms. The minimum Gasteiger partial charge on any atom is -0.325 e. The highest BCUT2D eigenvalue weighted by atomic mass is 79.9. The Balaban J connectivity index is 2.48. The Labute approximate surface area is 117 Å². The van der Waals surface area contributed by atoms with Gasteiger partial charge in [0, 0.05) is 23.0 Å². The van der Waals surface area contributed by atoms with Crippen molar-refractivity contribution in [2.45, 2.75) is 39.7 Å². The monoisotopic (exact) mass is 312 g/mol. The summed E-state index contributed by atoms with van der Waals surface area (Å²) >= 11 is 3.48. The van der Waals surface area contributed by atoms with Gasteiger partial charge in [0.2, 0.25) is 5.91 Å². The summed E-state index contributed by atoms with van der Waals surface area (Å²) in [5.74, 6) is 0.0260. The lowest BCUT2D eigenvalue weighted by Crippen LogP contribution is -2.37. The normalized spacial score (nSPS) is 11.4. The van der Waals surface area contributed by atoms with Crippen molar-refractivity contribution < 1.29 is 4.79 Å². The number of halogens is 1. The fourth-order valence-corrected chi connectivity index (χ4v) is 1.87. The largest absolute Gasteiger partial charge is 0.325 e. The van der Waals surface area contributed by atoms with Crippen LogP contribution in [0.25, 0.3) is 0 Å². The van der Waals surface area contributed by atoms with Gasteiger partial charge in [0.15, 0.2) is 0 Å². The summed E-state index contributed by atoms with van der Waals surface area (Å²) in [6, 6.07) is 5.83. The van der Waals surface area contributed by atoms with Crippen molar-refractivity contribution in [2.75, 3.05) is 11.9 Å². The topological polar surface area (TPSA) is 41.1 Å². The lowest BCUT2D eigenvalue weighted by atomic mass is 10.1. The van der Waals surface area contributed by atoms with E-state index in [1.165, 1.54) is 0 Å². The number of aryl methyl sites for hydroxylation is 1. The molecule has 2 N–H and O–H groups in total. The number of hydrogen-bond donors (Lipinski definition) is 2. The molecule has 1 amide bonds. The van der Waals surface area contributed by atoms with Crippen molar-refractivity contribution >= 4 is 27.5 Å². The molecule has 0 unspecified atom stereocenters. The second-order valence-electron chi connectivity index (χ2n) is 5.41. The van der Waals surface area contributed by atoms with Gasteiger partial charge in [-0.15, -0.1) is 0 Å². The van der Waals surface area contributed by atoms with E-state index < -0.39 is 0 Å². The number of benzene rings is 1. The first-order chi connectivity index (χ1) is 8.29. The molecule has 0 aliphatic heterocycles. The van der Waals surface area contributed by atoms with Gasteiger partial charge in [-0.1, -0.05) is 12.1 Å². The maximum Gasteiger partial charge on any atom is 0.225 e. The number of hydrogen-bond acceptors (Lipinski definition) is 2. The van der Waals surface area contributed by atoms with Gasteiger partial charge < -0.3 is 10.6 Å². The molecule has 0 heterocycles. The van der Waals surface area contributed by atoms with Crippen LogP contribution in [0.2, 0.25) is 0 Å². The Hall–Kier alpha value is -0.870. The van der Waals surface area contributed by atoms with E-state index in [0.717, 1.165) is 15.7 Å². The van der Waals surface area contributed by atoms with Crippen molar-refractivity contribution in [3.63, 3.8) is 0 Å². The molecule has 0 aliphatic rings. The Morgan fingerprint density at radius 1 is 1.33 bits per heavy atom. The summed E-state index contributed by atoms with van der Waals surface area (Å²) in [7, 11) is 0. The third kappa shape index (κ3) is 5.19. The van der Waals surface area contributed by atoms with Gasteiger partial charge in [-0.2, -0.15) is 0 Å². The third-order valence-corrected chi connectivity index (χ3v) is 3.53. The predicted molar refractivity (Wildman–Crippen MR) is 79.9 cm³/mol. The Morgan fingerprint density at radius 3 is 2.61 bits per heavy atom. The molecule has 0 aromatic heterocycles. The molecule has 0 atom stereocenters. The van der Waals surface area contributed by atoms with Gasteiger partial charge in [-0.3, -0.25) is 4.79 Å². The molecule has 1 aromatic carbocycles. The molecule has 0 saturated heterocycles. The molecule has 18 heavy (non-hydrogen) atoms. The van der Waals surface area contributed by atoms with Gasteiger partial charge in [0.1, 0.15) is 0 Å². The third-order valence-electron chi connectivity index (χ3n) is 2.47. The van der Waals surface area contributed by atoms with Crippen molar-refractivity contribution in [2.24, 2.45) is 0 Å². The molecule has 1 rings (SSSR count). The maximum atomic E-state index is 11.8. The van der Waals surface area contributed by atoms with Crippen LogP contribution >= 0.6 is 15.9 Å². The molecule has 100 valence electrons. The predicted octanol–water partition coefficient (Wildman–Crippen LogP) is 3.47. The van der Waals surface area contributed by atoms with Gasteiger partial charge in [0.05, 0.1) is 5.69 Å². The zero-order valence-electron chi connectivity index (χ0n) is 11.4. The summed E-state index contributed by atoms with van der Waals surface area (Å²) in [6.07, 6.45) is 0.470. The van der Waals surface area contributed by atoms with E-state index in [9.17, 15) is 4.79 Å². The zero-order chi connectivity index (χ0) is 13.8. The van der Waals surface area contributed by atoms with E-state index in [1.54, 1.807) is 0 Å². The number of amides is 1. The van der Waals surface area contributed by atoms with Crippen molar-refractivity contribution in [1.82, 2.24) is 5.32 Å². The first kappa shape index (κ1) is 15.2. The minimum atomic E-state index is 0.0260. The van der Waals surface area contributed by atoms with Crippen molar-refractivity contribution in [3.05, 3.63) is 28.2 Å². The van der Waals surface area contributed by atoms with Crippen LogP contribution in [0.3, 0.4) is 0 Å². The molecule has 0 aliphatic carbocycles. The van der Waals surface area contributed by atoms with Gasteiger partial charge >= 0.3 is 0 Å². The van der Waals surface area contributed by atoms with Crippen LogP contribution in [-0.4, -0.2) is 18.0 Å². The summed E-state index contributed by atoms with van der Waals surface area (Å²) in [6.45, 7) is 8.94. The van der Waals surface area contributed by atoms with Crippen molar-refractivity contribution in [1.29, 1.82) is 0 Å². The zero-order valence-corrected chi connectivity index (χ0v) is 13.0. The van der Waals surface area contributed by atoms with E-state index in [4.69, 9.17) is 0 Å². The highest BCUT2D eigenvalue weighted by Gasteiger charge is 2.10. The molecule has 0 radical (unpaired) electrons. The van der Waals surface area contributed by atoms with Crippen LogP contribution in [0.15, 0.2) is 22.7 Å². The Kier molecular flexibility index (Phi) is 5.35. The van der Waals surface area contributed by atoms with E-state index >= 15 is 0 Å². The van der Waals surface area contributed by atoms with E-state index in [0.29, 0.717) is 13.0 Å². The highest BCUT2D eigenvalue weighted by Crippen LogP contribution is 2.25. The molecule has 0 saturated carbocycles. The van der Waals surface area contributed by atoms with E-state index in [2.05, 4.69) is 47.3 Å². The number of nitrogens with one attached hydrogen (secondary N) is 2. The summed E-state index contributed by atoms with van der Waals surface area (Å²) in [5.41, 5.74) is 1.99. The van der Waals surface area contributed by atoms with Crippen molar-refractivity contribution in [3.8, 4) is 0 Å². The van der Waals surface area contributed by atoms with Crippen LogP contribution in [0.5, 0.6) is 0 Å². The molecule has 0 fully saturated rings. The smallest absolute Gasteiger partial charge is 0.225 e. The Bertz CT molecular complexity index is 424. The second-order valence-corrected chi connectivity index (χ2v) is 6.20. The average Bonchev–Trinajstić information content (AvgIpc) is 2.23.